The highest BCUT2D eigenvalue weighted by atomic mass is 32.2. The van der Waals surface area contributed by atoms with Gasteiger partial charge in [-0.1, -0.05) is 19.8 Å². The molecule has 0 saturated heterocycles. The van der Waals surface area contributed by atoms with Crippen molar-refractivity contribution in [3.63, 3.8) is 0 Å². The first-order valence-corrected chi connectivity index (χ1v) is 7.39. The van der Waals surface area contributed by atoms with Gasteiger partial charge in [0, 0.05) is 16.2 Å². The third-order valence-electron chi connectivity index (χ3n) is 2.28. The van der Waals surface area contributed by atoms with Gasteiger partial charge in [-0.05, 0) is 25.0 Å². The fourth-order valence-electron chi connectivity index (χ4n) is 1.45. The molecule has 1 N–H and O–H groups in total. The van der Waals surface area contributed by atoms with Crippen LogP contribution in [-0.4, -0.2) is 15.4 Å². The molecule has 92 valence electrons. The van der Waals surface area contributed by atoms with E-state index in [1.807, 2.05) is 0 Å². The SMILES string of the molecule is CCCCCc1ccc(CCOS(=O)O)s1. The molecule has 1 atom stereocenters. The lowest BCUT2D eigenvalue weighted by Crippen LogP contribution is -1.99. The number of unbranched alkanes of at least 4 members (excludes halogenated alkanes) is 2. The predicted molar refractivity (Wildman–Crippen MR) is 68.0 cm³/mol. The van der Waals surface area contributed by atoms with Gasteiger partial charge in [0.15, 0.2) is 0 Å². The molecule has 1 aromatic heterocycles. The van der Waals surface area contributed by atoms with Gasteiger partial charge in [0.05, 0.1) is 6.61 Å². The summed E-state index contributed by atoms with van der Waals surface area (Å²) >= 11 is -0.359. The third kappa shape index (κ3) is 5.75. The molecular formula is C11H18O3S2. The molecule has 0 saturated carbocycles. The Bertz CT molecular complexity index is 323. The van der Waals surface area contributed by atoms with E-state index in [2.05, 4.69) is 23.2 Å². The number of rotatable bonds is 8. The van der Waals surface area contributed by atoms with Crippen molar-refractivity contribution in [1.29, 1.82) is 0 Å². The lowest BCUT2D eigenvalue weighted by Gasteiger charge is -1.97. The van der Waals surface area contributed by atoms with E-state index < -0.39 is 11.4 Å². The van der Waals surface area contributed by atoms with Crippen molar-refractivity contribution in [1.82, 2.24) is 0 Å². The van der Waals surface area contributed by atoms with Crippen molar-refractivity contribution in [2.45, 2.75) is 39.0 Å². The molecule has 1 unspecified atom stereocenters. The highest BCUT2D eigenvalue weighted by Crippen LogP contribution is 2.19. The topological polar surface area (TPSA) is 46.5 Å². The molecule has 0 aliphatic rings. The summed E-state index contributed by atoms with van der Waals surface area (Å²) in [6.07, 6.45) is 5.62. The molecule has 0 radical (unpaired) electrons. The van der Waals surface area contributed by atoms with Crippen molar-refractivity contribution >= 4 is 22.7 Å². The lowest BCUT2D eigenvalue weighted by molar-refractivity contribution is 0.311. The van der Waals surface area contributed by atoms with E-state index in [-0.39, 0.29) is 0 Å². The zero-order chi connectivity index (χ0) is 11.8. The monoisotopic (exact) mass is 262 g/mol. The summed E-state index contributed by atoms with van der Waals surface area (Å²) in [5, 5.41) is 0. The minimum atomic E-state index is -2.13. The van der Waals surface area contributed by atoms with Gasteiger partial charge in [-0.15, -0.1) is 11.3 Å². The van der Waals surface area contributed by atoms with Gasteiger partial charge in [-0.2, -0.15) is 4.21 Å². The smallest absolute Gasteiger partial charge is 0.284 e. The second-order valence-corrected chi connectivity index (χ2v) is 5.54. The third-order valence-corrected chi connectivity index (χ3v) is 3.85. The Hall–Kier alpha value is -0.230. The summed E-state index contributed by atoms with van der Waals surface area (Å²) in [5.41, 5.74) is 0. The summed E-state index contributed by atoms with van der Waals surface area (Å²) in [6, 6.07) is 4.22. The predicted octanol–water partition coefficient (Wildman–Crippen LogP) is 3.18. The molecule has 1 rings (SSSR count). The number of aryl methyl sites for hydroxylation is 1. The van der Waals surface area contributed by atoms with E-state index >= 15 is 0 Å². The second kappa shape index (κ2) is 7.95. The van der Waals surface area contributed by atoms with Gasteiger partial charge in [-0.3, -0.25) is 8.74 Å². The molecule has 0 amide bonds. The molecule has 0 spiro atoms. The molecule has 0 fully saturated rings. The molecule has 0 aliphatic heterocycles. The van der Waals surface area contributed by atoms with E-state index in [4.69, 9.17) is 4.55 Å². The maximum absolute atomic E-state index is 10.3. The lowest BCUT2D eigenvalue weighted by atomic mass is 10.2. The van der Waals surface area contributed by atoms with Crippen LogP contribution >= 0.6 is 11.3 Å². The van der Waals surface area contributed by atoms with Gasteiger partial charge < -0.3 is 0 Å². The molecule has 3 nitrogen and oxygen atoms in total. The summed E-state index contributed by atoms with van der Waals surface area (Å²) in [7, 11) is 0. The van der Waals surface area contributed by atoms with Gasteiger partial charge in [0.2, 0.25) is 0 Å². The first-order valence-electron chi connectivity index (χ1n) is 5.54. The molecular weight excluding hydrogens is 244 g/mol. The van der Waals surface area contributed by atoms with Crippen molar-refractivity contribution in [3.8, 4) is 0 Å². The Balaban J connectivity index is 2.25. The van der Waals surface area contributed by atoms with Crippen LogP contribution in [-0.2, 0) is 28.4 Å². The fourth-order valence-corrected chi connectivity index (χ4v) is 2.72. The standard InChI is InChI=1S/C11H18O3S2/c1-2-3-4-5-10-6-7-11(15-10)8-9-14-16(12)13/h6-7H,2-5,8-9H2,1H3,(H,12,13). The number of thiophene rings is 1. The quantitative estimate of drug-likeness (QED) is 0.578. The summed E-state index contributed by atoms with van der Waals surface area (Å²) in [6.45, 7) is 2.50. The Labute approximate surface area is 103 Å². The van der Waals surface area contributed by atoms with Crippen LogP contribution in [0.2, 0.25) is 0 Å². The normalized spacial score (nSPS) is 12.9. The van der Waals surface area contributed by atoms with Crippen LogP contribution < -0.4 is 0 Å². The minimum absolute atomic E-state index is 0.304. The van der Waals surface area contributed by atoms with E-state index in [1.165, 1.54) is 29.0 Å². The summed E-state index contributed by atoms with van der Waals surface area (Å²) in [5.74, 6) is 0. The van der Waals surface area contributed by atoms with E-state index in [9.17, 15) is 4.21 Å². The first kappa shape index (κ1) is 13.8. The van der Waals surface area contributed by atoms with Crippen LogP contribution in [0.4, 0.5) is 0 Å². The Morgan fingerprint density at radius 3 is 2.62 bits per heavy atom. The molecule has 16 heavy (non-hydrogen) atoms. The van der Waals surface area contributed by atoms with E-state index in [0.29, 0.717) is 13.0 Å². The molecule has 5 heteroatoms. The molecule has 1 aromatic rings. The van der Waals surface area contributed by atoms with Crippen LogP contribution in [0.15, 0.2) is 12.1 Å². The average Bonchev–Trinajstić information content (AvgIpc) is 2.66. The highest BCUT2D eigenvalue weighted by Gasteiger charge is 2.01. The fraction of sp³-hybridized carbons (Fsp3) is 0.636. The van der Waals surface area contributed by atoms with Crippen LogP contribution in [0.5, 0.6) is 0 Å². The molecule has 0 aromatic carbocycles. The zero-order valence-electron chi connectivity index (χ0n) is 9.48. The summed E-state index contributed by atoms with van der Waals surface area (Å²) < 4.78 is 23.3. The Morgan fingerprint density at radius 2 is 2.00 bits per heavy atom. The van der Waals surface area contributed by atoms with Gasteiger partial charge in [-0.25, -0.2) is 0 Å². The Morgan fingerprint density at radius 1 is 1.31 bits per heavy atom. The Kier molecular flexibility index (Phi) is 6.87. The van der Waals surface area contributed by atoms with Crippen molar-refractivity contribution in [2.24, 2.45) is 0 Å². The molecule has 0 bridgehead atoms. The maximum atomic E-state index is 10.3. The van der Waals surface area contributed by atoms with Crippen LogP contribution in [0, 0.1) is 0 Å². The maximum Gasteiger partial charge on any atom is 0.301 e. The first-order chi connectivity index (χ1) is 7.72. The second-order valence-electron chi connectivity index (χ2n) is 3.61. The van der Waals surface area contributed by atoms with Gasteiger partial charge in [0.1, 0.15) is 0 Å². The largest absolute Gasteiger partial charge is 0.301 e. The van der Waals surface area contributed by atoms with Gasteiger partial charge in [0.25, 0.3) is 0 Å². The van der Waals surface area contributed by atoms with Crippen LogP contribution in [0.3, 0.4) is 0 Å². The van der Waals surface area contributed by atoms with E-state index in [0.717, 1.165) is 6.42 Å². The van der Waals surface area contributed by atoms with Crippen molar-refractivity contribution < 1.29 is 12.9 Å². The zero-order valence-corrected chi connectivity index (χ0v) is 11.1. The number of hydrogen-bond donors (Lipinski definition) is 1. The van der Waals surface area contributed by atoms with Gasteiger partial charge >= 0.3 is 11.4 Å². The highest BCUT2D eigenvalue weighted by molar-refractivity contribution is 7.74. The minimum Gasteiger partial charge on any atom is -0.284 e. The van der Waals surface area contributed by atoms with Crippen LogP contribution in [0.1, 0.15) is 35.9 Å². The number of hydrogen-bond acceptors (Lipinski definition) is 3. The van der Waals surface area contributed by atoms with Crippen molar-refractivity contribution in [3.05, 3.63) is 21.9 Å². The molecule has 1 heterocycles. The average molecular weight is 262 g/mol. The van der Waals surface area contributed by atoms with Crippen LogP contribution in [0.25, 0.3) is 0 Å². The van der Waals surface area contributed by atoms with E-state index in [1.54, 1.807) is 11.3 Å². The van der Waals surface area contributed by atoms with Crippen molar-refractivity contribution in [2.75, 3.05) is 6.61 Å². The molecule has 0 aliphatic carbocycles. The summed E-state index contributed by atoms with van der Waals surface area (Å²) in [4.78, 5) is 2.62.